The van der Waals surface area contributed by atoms with Crippen LogP contribution < -0.4 is 10.1 Å². The zero-order chi connectivity index (χ0) is 18.2. The summed E-state index contributed by atoms with van der Waals surface area (Å²) in [6.45, 7) is 4.20. The molecule has 0 aromatic heterocycles. The number of carboxylic acid groups (broad SMARTS) is 1. The van der Waals surface area contributed by atoms with Crippen LogP contribution in [-0.4, -0.2) is 28.8 Å². The van der Waals surface area contributed by atoms with Gasteiger partial charge >= 0.3 is 5.97 Å². The minimum Gasteiger partial charge on any atom is -0.482 e. The van der Waals surface area contributed by atoms with Gasteiger partial charge in [0.25, 0.3) is 5.91 Å². The van der Waals surface area contributed by atoms with Crippen LogP contribution in [0.15, 0.2) is 53.4 Å². The molecule has 2 aromatic carbocycles. The Hall–Kier alpha value is -2.47. The van der Waals surface area contributed by atoms with E-state index in [-0.39, 0.29) is 5.91 Å². The molecule has 2 aromatic rings. The van der Waals surface area contributed by atoms with E-state index in [9.17, 15) is 9.59 Å². The lowest BCUT2D eigenvalue weighted by Gasteiger charge is -2.09. The van der Waals surface area contributed by atoms with E-state index in [1.165, 1.54) is 0 Å². The summed E-state index contributed by atoms with van der Waals surface area (Å²) < 4.78 is 5.13. The molecule has 0 fully saturated rings. The maximum absolute atomic E-state index is 12.2. The zero-order valence-corrected chi connectivity index (χ0v) is 15.0. The molecule has 2 rings (SSSR count). The van der Waals surface area contributed by atoms with Gasteiger partial charge in [-0.05, 0) is 42.0 Å². The van der Waals surface area contributed by atoms with Crippen molar-refractivity contribution in [1.82, 2.24) is 5.32 Å². The number of hydrogen-bond donors (Lipinski definition) is 2. The van der Waals surface area contributed by atoms with E-state index in [0.717, 1.165) is 10.5 Å². The van der Waals surface area contributed by atoms with E-state index in [1.54, 1.807) is 30.0 Å². The summed E-state index contributed by atoms with van der Waals surface area (Å²) in [5.74, 6) is -0.722. The van der Waals surface area contributed by atoms with Crippen molar-refractivity contribution in [1.29, 1.82) is 0 Å². The molecule has 6 heteroatoms. The van der Waals surface area contributed by atoms with Gasteiger partial charge in [-0.25, -0.2) is 4.79 Å². The van der Waals surface area contributed by atoms with Crippen LogP contribution in [-0.2, 0) is 11.3 Å². The fourth-order valence-electron chi connectivity index (χ4n) is 2.13. The highest BCUT2D eigenvalue weighted by molar-refractivity contribution is 7.99. The lowest BCUT2D eigenvalue weighted by atomic mass is 10.2. The van der Waals surface area contributed by atoms with Crippen LogP contribution in [0.5, 0.6) is 5.75 Å². The smallest absolute Gasteiger partial charge is 0.341 e. The number of hydrogen-bond acceptors (Lipinski definition) is 4. The minimum absolute atomic E-state index is 0.155. The van der Waals surface area contributed by atoms with Crippen LogP contribution in [0, 0.1) is 0 Å². The van der Waals surface area contributed by atoms with Gasteiger partial charge in [0, 0.05) is 22.3 Å². The van der Waals surface area contributed by atoms with E-state index >= 15 is 0 Å². The van der Waals surface area contributed by atoms with Gasteiger partial charge in [-0.2, -0.15) is 0 Å². The topological polar surface area (TPSA) is 75.6 Å². The van der Waals surface area contributed by atoms with Gasteiger partial charge in [-0.3, -0.25) is 4.79 Å². The fraction of sp³-hybridized carbons (Fsp3) is 0.263. The van der Waals surface area contributed by atoms with Crippen LogP contribution in [0.3, 0.4) is 0 Å². The number of aliphatic carboxylic acids is 1. The second-order valence-electron chi connectivity index (χ2n) is 5.70. The summed E-state index contributed by atoms with van der Waals surface area (Å²) in [7, 11) is 0. The van der Waals surface area contributed by atoms with Crippen LogP contribution >= 0.6 is 11.8 Å². The van der Waals surface area contributed by atoms with E-state index in [1.807, 2.05) is 30.3 Å². The van der Waals surface area contributed by atoms with Crippen LogP contribution in [0.1, 0.15) is 29.8 Å². The van der Waals surface area contributed by atoms with E-state index in [0.29, 0.717) is 23.1 Å². The highest BCUT2D eigenvalue weighted by Gasteiger charge is 2.07. The average Bonchev–Trinajstić information content (AvgIpc) is 2.58. The van der Waals surface area contributed by atoms with Gasteiger partial charge in [0.05, 0.1) is 0 Å². The van der Waals surface area contributed by atoms with Crippen LogP contribution in [0.2, 0.25) is 0 Å². The molecule has 0 aliphatic rings. The van der Waals surface area contributed by atoms with Crippen molar-refractivity contribution >= 4 is 23.6 Å². The predicted molar refractivity (Wildman–Crippen MR) is 98.2 cm³/mol. The second-order valence-corrected chi connectivity index (χ2v) is 7.35. The molecular weight excluding hydrogens is 338 g/mol. The summed E-state index contributed by atoms with van der Waals surface area (Å²) in [6, 6.07) is 14.5. The van der Waals surface area contributed by atoms with Crippen molar-refractivity contribution in [2.24, 2.45) is 0 Å². The standard InChI is InChI=1S/C19H21NO4S/c1-13(2)25-17-8-6-15(7-9-17)19(23)20-11-14-4-3-5-16(10-14)24-12-18(21)22/h3-10,13H,11-12H2,1-2H3,(H,20,23)(H,21,22). The number of thioether (sulfide) groups is 1. The number of benzene rings is 2. The van der Waals surface area contributed by atoms with Gasteiger partial charge in [-0.15, -0.1) is 11.8 Å². The third-order valence-electron chi connectivity index (χ3n) is 3.20. The lowest BCUT2D eigenvalue weighted by molar-refractivity contribution is -0.139. The first kappa shape index (κ1) is 18.9. The Balaban J connectivity index is 1.91. The van der Waals surface area contributed by atoms with Crippen molar-refractivity contribution in [3.63, 3.8) is 0 Å². The van der Waals surface area contributed by atoms with Crippen molar-refractivity contribution in [3.05, 3.63) is 59.7 Å². The average molecular weight is 359 g/mol. The molecule has 5 nitrogen and oxygen atoms in total. The molecule has 0 aliphatic carbocycles. The third-order valence-corrected chi connectivity index (χ3v) is 4.22. The van der Waals surface area contributed by atoms with E-state index in [4.69, 9.17) is 9.84 Å². The number of amides is 1. The molecule has 25 heavy (non-hydrogen) atoms. The first-order chi connectivity index (χ1) is 11.9. The molecule has 0 saturated carbocycles. The molecular formula is C19H21NO4S. The van der Waals surface area contributed by atoms with Crippen molar-refractivity contribution in [3.8, 4) is 5.75 Å². The van der Waals surface area contributed by atoms with Crippen molar-refractivity contribution in [2.75, 3.05) is 6.61 Å². The molecule has 132 valence electrons. The molecule has 0 heterocycles. The number of ether oxygens (including phenoxy) is 1. The minimum atomic E-state index is -1.03. The number of rotatable bonds is 8. The molecule has 0 saturated heterocycles. The van der Waals surface area contributed by atoms with Gasteiger partial charge in [-0.1, -0.05) is 26.0 Å². The number of carbonyl (C=O) groups excluding carboxylic acids is 1. The summed E-state index contributed by atoms with van der Waals surface area (Å²) >= 11 is 1.75. The number of nitrogens with one attached hydrogen (secondary N) is 1. The first-order valence-corrected chi connectivity index (χ1v) is 8.80. The first-order valence-electron chi connectivity index (χ1n) is 7.92. The summed E-state index contributed by atoms with van der Waals surface area (Å²) in [6.07, 6.45) is 0. The quantitative estimate of drug-likeness (QED) is 0.705. The largest absolute Gasteiger partial charge is 0.482 e. The highest BCUT2D eigenvalue weighted by Crippen LogP contribution is 2.22. The Labute approximate surface area is 151 Å². The molecule has 0 spiro atoms. The molecule has 2 N–H and O–H groups in total. The Kier molecular flexibility index (Phi) is 6.89. The molecule has 0 radical (unpaired) electrons. The molecule has 0 bridgehead atoms. The maximum atomic E-state index is 12.2. The Morgan fingerprint density at radius 2 is 1.88 bits per heavy atom. The van der Waals surface area contributed by atoms with Crippen molar-refractivity contribution < 1.29 is 19.4 Å². The number of carbonyl (C=O) groups is 2. The van der Waals surface area contributed by atoms with Gasteiger partial charge in [0.2, 0.25) is 0 Å². The van der Waals surface area contributed by atoms with Crippen LogP contribution in [0.4, 0.5) is 0 Å². The van der Waals surface area contributed by atoms with Crippen molar-refractivity contribution in [2.45, 2.75) is 30.5 Å². The Morgan fingerprint density at radius 1 is 1.16 bits per heavy atom. The van der Waals surface area contributed by atoms with E-state index < -0.39 is 12.6 Å². The molecule has 0 unspecified atom stereocenters. The third kappa shape index (κ3) is 6.51. The van der Waals surface area contributed by atoms with Gasteiger partial charge in [0.15, 0.2) is 6.61 Å². The predicted octanol–water partition coefficient (Wildman–Crippen LogP) is 3.58. The molecule has 0 aliphatic heterocycles. The van der Waals surface area contributed by atoms with E-state index in [2.05, 4.69) is 19.2 Å². The maximum Gasteiger partial charge on any atom is 0.341 e. The van der Waals surface area contributed by atoms with Gasteiger partial charge in [0.1, 0.15) is 5.75 Å². The monoisotopic (exact) mass is 359 g/mol. The second kappa shape index (κ2) is 9.13. The summed E-state index contributed by atoms with van der Waals surface area (Å²) in [5.41, 5.74) is 1.44. The summed E-state index contributed by atoms with van der Waals surface area (Å²) in [5, 5.41) is 12.0. The van der Waals surface area contributed by atoms with Crippen LogP contribution in [0.25, 0.3) is 0 Å². The molecule has 0 atom stereocenters. The fourth-order valence-corrected chi connectivity index (χ4v) is 2.97. The molecule has 1 amide bonds. The Bertz CT molecular complexity index is 728. The number of carboxylic acids is 1. The lowest BCUT2D eigenvalue weighted by Crippen LogP contribution is -2.22. The van der Waals surface area contributed by atoms with Gasteiger partial charge < -0.3 is 15.2 Å². The highest BCUT2D eigenvalue weighted by atomic mass is 32.2. The zero-order valence-electron chi connectivity index (χ0n) is 14.2. The Morgan fingerprint density at radius 3 is 2.52 bits per heavy atom. The SMILES string of the molecule is CC(C)Sc1ccc(C(=O)NCc2cccc(OCC(=O)O)c2)cc1. The normalized spacial score (nSPS) is 10.5. The summed E-state index contributed by atoms with van der Waals surface area (Å²) in [4.78, 5) is 23.9.